The van der Waals surface area contributed by atoms with E-state index in [1.807, 2.05) is 0 Å². The number of furan rings is 1. The Morgan fingerprint density at radius 1 is 0.430 bits per heavy atom. The van der Waals surface area contributed by atoms with Gasteiger partial charge in [0.2, 0.25) is 0 Å². The molecule has 4 nitrogen and oxygen atoms in total. The summed E-state index contributed by atoms with van der Waals surface area (Å²) in [5.74, 6) is 0. The molecule has 79 heavy (non-hydrogen) atoms. The van der Waals surface area contributed by atoms with Crippen molar-refractivity contribution < 1.29 is 4.42 Å². The predicted molar refractivity (Wildman–Crippen MR) is 339 cm³/mol. The second-order valence-electron chi connectivity index (χ2n) is 30.5. The summed E-state index contributed by atoms with van der Waals surface area (Å²) in [6.45, 7) is 39.0. The van der Waals surface area contributed by atoms with E-state index in [1.54, 1.807) is 5.56 Å². The van der Waals surface area contributed by atoms with Gasteiger partial charge in [-0.3, -0.25) is 0 Å². The molecule has 0 N–H and O–H groups in total. The molecule has 2 saturated carbocycles. The lowest BCUT2D eigenvalue weighted by Crippen LogP contribution is -2.64. The van der Waals surface area contributed by atoms with Gasteiger partial charge in [-0.1, -0.05) is 195 Å². The Labute approximate surface area is 473 Å². The molecule has 4 aliphatic heterocycles. The van der Waals surface area contributed by atoms with Crippen LogP contribution in [0.4, 0.5) is 39.8 Å². The van der Waals surface area contributed by atoms with E-state index in [0.717, 1.165) is 24.0 Å². The number of fused-ring (bicyclic) bond motifs is 13. The molecule has 5 heteroatoms. The Kier molecular flexibility index (Phi) is 10.5. The van der Waals surface area contributed by atoms with Crippen LogP contribution in [0, 0.1) is 0 Å². The first kappa shape index (κ1) is 51.0. The molecule has 404 valence electrons. The normalized spacial score (nSPS) is 24.2. The average molecular weight is 1040 g/mol. The van der Waals surface area contributed by atoms with Gasteiger partial charge in [0.15, 0.2) is 0 Å². The van der Waals surface area contributed by atoms with Crippen molar-refractivity contribution in [2.24, 2.45) is 0 Å². The fourth-order valence-electron chi connectivity index (χ4n) is 16.5. The maximum absolute atomic E-state index is 7.13. The number of hydrogen-bond acceptors (Lipinski definition) is 4. The molecule has 0 bridgehead atoms. The minimum atomic E-state index is -0.147. The Morgan fingerprint density at radius 3 is 1.63 bits per heavy atom. The Morgan fingerprint density at radius 2 is 0.975 bits per heavy atom. The quantitative estimate of drug-likeness (QED) is 0.165. The Hall–Kier alpha value is -6.20. The summed E-state index contributed by atoms with van der Waals surface area (Å²) in [7, 11) is 0. The van der Waals surface area contributed by atoms with Crippen LogP contribution in [0.1, 0.15) is 196 Å². The van der Waals surface area contributed by atoms with E-state index in [-0.39, 0.29) is 50.3 Å². The topological polar surface area (TPSA) is 22.9 Å². The summed E-state index contributed by atoms with van der Waals surface area (Å²) < 4.78 is 7.13. The zero-order chi connectivity index (χ0) is 55.5. The number of rotatable bonds is 3. The van der Waals surface area contributed by atoms with Crippen LogP contribution in [-0.4, -0.2) is 17.8 Å². The third-order valence-electron chi connectivity index (χ3n) is 21.8. The summed E-state index contributed by atoms with van der Waals surface area (Å²) in [6, 6.07) is 48.9. The van der Waals surface area contributed by atoms with Crippen LogP contribution in [0.5, 0.6) is 0 Å². The van der Waals surface area contributed by atoms with E-state index in [1.165, 1.54) is 144 Å². The van der Waals surface area contributed by atoms with Gasteiger partial charge in [0.05, 0.1) is 16.8 Å². The molecule has 1 aromatic heterocycles. The van der Waals surface area contributed by atoms with Gasteiger partial charge in [0.25, 0.3) is 6.71 Å². The molecule has 2 fully saturated rings. The van der Waals surface area contributed by atoms with Gasteiger partial charge in [-0.05, 0) is 159 Å². The van der Waals surface area contributed by atoms with Crippen LogP contribution in [0.2, 0.25) is 0 Å². The van der Waals surface area contributed by atoms with Gasteiger partial charge in [-0.15, -0.1) is 0 Å². The van der Waals surface area contributed by atoms with E-state index >= 15 is 0 Å². The van der Waals surface area contributed by atoms with Gasteiger partial charge in [-0.2, -0.15) is 0 Å². The van der Waals surface area contributed by atoms with E-state index in [0.29, 0.717) is 0 Å². The third-order valence-corrected chi connectivity index (χ3v) is 21.8. The molecule has 4 unspecified atom stereocenters. The first-order valence-corrected chi connectivity index (χ1v) is 30.3. The van der Waals surface area contributed by atoms with Crippen LogP contribution in [0.15, 0.2) is 126 Å². The molecule has 8 aromatic rings. The molecule has 7 aromatic carbocycles. The molecule has 14 rings (SSSR count). The molecule has 6 aliphatic rings. The van der Waals surface area contributed by atoms with Gasteiger partial charge in [0.1, 0.15) is 11.2 Å². The van der Waals surface area contributed by atoms with Crippen molar-refractivity contribution in [2.45, 2.75) is 206 Å². The standard InChI is InChI=1S/C74H84BN3O/c1-67(2,3)46-26-29-58(51(36-46)45-24-18-17-19-25-45)76-60-44-64-53(52-37-47(68(4,5)6)28-31-63(52)79-64)43-56(60)75-57-40-49(70(10,11)12)39-55-66(57)78(74(16)35-23-21-33-72(55,74)14)62-42-50(41-61(76)65(62)75)77-59-30-27-48(69(7,8)9)38-54(59)71(13)32-20-22-34-73(71,77)15/h17-19,24-31,36-44H,20-23,32-35H2,1-16H3. The molecule has 0 spiro atoms. The van der Waals surface area contributed by atoms with Gasteiger partial charge >= 0.3 is 0 Å². The molecule has 5 heterocycles. The average Bonchev–Trinajstić information content (AvgIpc) is 1.88. The molecular weight excluding hydrogens is 958 g/mol. The zero-order valence-electron chi connectivity index (χ0n) is 50.5. The van der Waals surface area contributed by atoms with Crippen molar-refractivity contribution in [1.82, 2.24) is 0 Å². The Bertz CT molecular complexity index is 3890. The molecule has 2 aliphatic carbocycles. The van der Waals surface area contributed by atoms with E-state index in [9.17, 15) is 0 Å². The lowest BCUT2D eigenvalue weighted by Gasteiger charge is -2.54. The summed E-state index contributed by atoms with van der Waals surface area (Å²) >= 11 is 0. The zero-order valence-corrected chi connectivity index (χ0v) is 50.5. The van der Waals surface area contributed by atoms with Gasteiger partial charge in [-0.25, -0.2) is 0 Å². The summed E-state index contributed by atoms with van der Waals surface area (Å²) in [4.78, 5) is 8.56. The molecular formula is C74H84BN3O. The highest BCUT2D eigenvalue weighted by atomic mass is 16.3. The minimum absolute atomic E-state index is 0.0119. The largest absolute Gasteiger partial charge is 0.456 e. The molecule has 0 saturated heterocycles. The second kappa shape index (κ2) is 16.3. The maximum atomic E-state index is 7.13. The van der Waals surface area contributed by atoms with Crippen molar-refractivity contribution in [1.29, 1.82) is 0 Å². The van der Waals surface area contributed by atoms with Crippen LogP contribution >= 0.6 is 0 Å². The van der Waals surface area contributed by atoms with E-state index in [2.05, 4.69) is 247 Å². The minimum Gasteiger partial charge on any atom is -0.456 e. The monoisotopic (exact) mass is 1040 g/mol. The summed E-state index contributed by atoms with van der Waals surface area (Å²) in [6.07, 6.45) is 9.60. The number of anilines is 7. The van der Waals surface area contributed by atoms with Crippen LogP contribution in [0.25, 0.3) is 33.1 Å². The lowest BCUT2D eigenvalue weighted by molar-refractivity contribution is 0.194. The molecule has 0 radical (unpaired) electrons. The van der Waals surface area contributed by atoms with Crippen molar-refractivity contribution in [3.63, 3.8) is 0 Å². The number of benzene rings is 7. The SMILES string of the molecule is CC(C)(C)c1ccc(N2c3cc4oc5ccc(C(C)(C)C)cc5c4cc3B3c4cc(C(C)(C)C)cc5c4N(c4cc(N6c7ccc(C(C)(C)C)cc7C7(C)CCCCC67C)cc2c43)C2(C)CCCCC52C)c(-c2ccccc2)c1. The van der Waals surface area contributed by atoms with Crippen LogP contribution in [0.3, 0.4) is 0 Å². The fourth-order valence-corrected chi connectivity index (χ4v) is 16.5. The third kappa shape index (κ3) is 6.92. The maximum Gasteiger partial charge on any atom is 0.252 e. The number of nitrogens with zero attached hydrogens (tertiary/aromatic N) is 3. The van der Waals surface area contributed by atoms with Crippen LogP contribution < -0.4 is 31.1 Å². The first-order chi connectivity index (χ1) is 37.2. The fraction of sp³-hybridized carbons (Fsp3) is 0.432. The number of hydrogen-bond donors (Lipinski definition) is 0. The first-order valence-electron chi connectivity index (χ1n) is 30.3. The predicted octanol–water partition coefficient (Wildman–Crippen LogP) is 18.5. The van der Waals surface area contributed by atoms with Gasteiger partial charge in [0, 0.05) is 67.4 Å². The second-order valence-corrected chi connectivity index (χ2v) is 30.5. The van der Waals surface area contributed by atoms with Gasteiger partial charge < -0.3 is 19.1 Å². The highest BCUT2D eigenvalue weighted by molar-refractivity contribution is 7.00. The van der Waals surface area contributed by atoms with Crippen LogP contribution in [-0.2, 0) is 32.5 Å². The molecule has 4 atom stereocenters. The highest BCUT2D eigenvalue weighted by Gasteiger charge is 2.63. The van der Waals surface area contributed by atoms with Crippen molar-refractivity contribution >= 4 is 84.9 Å². The van der Waals surface area contributed by atoms with Crippen molar-refractivity contribution in [3.8, 4) is 11.1 Å². The van der Waals surface area contributed by atoms with Crippen molar-refractivity contribution in [2.75, 3.05) is 14.7 Å². The molecule has 0 amide bonds. The highest BCUT2D eigenvalue weighted by Crippen LogP contribution is 2.65. The summed E-state index contributed by atoms with van der Waals surface area (Å²) in [5, 5.41) is 2.39. The summed E-state index contributed by atoms with van der Waals surface area (Å²) in [5.41, 5.74) is 25.9. The van der Waals surface area contributed by atoms with Crippen molar-refractivity contribution in [3.05, 3.63) is 155 Å². The Balaban J connectivity index is 1.16. The van der Waals surface area contributed by atoms with E-state index < -0.39 is 0 Å². The lowest BCUT2D eigenvalue weighted by atomic mass is 9.33. The smallest absolute Gasteiger partial charge is 0.252 e. The van der Waals surface area contributed by atoms with E-state index in [4.69, 9.17) is 4.42 Å².